The summed E-state index contributed by atoms with van der Waals surface area (Å²) in [6.45, 7) is 4.03. The third-order valence-corrected chi connectivity index (χ3v) is 7.16. The van der Waals surface area contributed by atoms with E-state index in [4.69, 9.17) is 0 Å². The van der Waals surface area contributed by atoms with E-state index in [1.807, 2.05) is 26.0 Å². The van der Waals surface area contributed by atoms with Gasteiger partial charge >= 0.3 is 0 Å². The molecule has 0 N–H and O–H groups in total. The number of benzene rings is 1. The van der Waals surface area contributed by atoms with Crippen LogP contribution < -0.4 is 0 Å². The minimum absolute atomic E-state index is 0.0301. The van der Waals surface area contributed by atoms with Crippen LogP contribution in [-0.4, -0.2) is 19.5 Å². The number of hydrogen-bond donors (Lipinski definition) is 0. The molecule has 2 rings (SSSR count). The summed E-state index contributed by atoms with van der Waals surface area (Å²) in [5, 5.41) is 0.798. The molecule has 1 aromatic carbocycles. The zero-order chi connectivity index (χ0) is 14.8. The summed E-state index contributed by atoms with van der Waals surface area (Å²) >= 11 is 3.53. The maximum absolute atomic E-state index is 12.5. The van der Waals surface area contributed by atoms with Crippen LogP contribution in [0.25, 0.3) is 0 Å². The second-order valence-electron chi connectivity index (χ2n) is 6.37. The molecule has 1 aromatic rings. The van der Waals surface area contributed by atoms with Gasteiger partial charge in [-0.1, -0.05) is 58.1 Å². The van der Waals surface area contributed by atoms with Gasteiger partial charge in [-0.2, -0.15) is 0 Å². The highest BCUT2D eigenvalue weighted by Crippen LogP contribution is 2.41. The first-order chi connectivity index (χ1) is 9.34. The van der Waals surface area contributed by atoms with E-state index in [-0.39, 0.29) is 11.2 Å². The van der Waals surface area contributed by atoms with Crippen molar-refractivity contribution >= 4 is 25.8 Å². The molecule has 2 nitrogen and oxygen atoms in total. The molecule has 0 unspecified atom stereocenters. The molecule has 0 heterocycles. The fourth-order valence-electron chi connectivity index (χ4n) is 3.37. The molecular weight excluding hydrogens is 336 g/mol. The highest BCUT2D eigenvalue weighted by molar-refractivity contribution is 9.09. The van der Waals surface area contributed by atoms with Crippen molar-refractivity contribution in [2.45, 2.75) is 45.3 Å². The number of halogens is 1. The molecule has 0 aromatic heterocycles. The van der Waals surface area contributed by atoms with Crippen molar-refractivity contribution in [1.82, 2.24) is 0 Å². The number of alkyl halides is 1. The molecule has 0 bridgehead atoms. The van der Waals surface area contributed by atoms with Crippen molar-refractivity contribution in [2.75, 3.05) is 11.1 Å². The van der Waals surface area contributed by atoms with Gasteiger partial charge in [0.05, 0.1) is 11.5 Å². The molecule has 1 saturated carbocycles. The highest BCUT2D eigenvalue weighted by atomic mass is 79.9. The van der Waals surface area contributed by atoms with Crippen LogP contribution in [0.2, 0.25) is 0 Å². The molecule has 0 aliphatic heterocycles. The fraction of sp³-hybridized carbons (Fsp3) is 0.625. The molecule has 0 radical (unpaired) electrons. The Bertz CT molecular complexity index is 552. The second-order valence-corrected chi connectivity index (χ2v) is 8.99. The van der Waals surface area contributed by atoms with Gasteiger partial charge in [0.2, 0.25) is 0 Å². The van der Waals surface area contributed by atoms with E-state index in [2.05, 4.69) is 22.0 Å². The summed E-state index contributed by atoms with van der Waals surface area (Å²) in [7, 11) is -3.05. The van der Waals surface area contributed by atoms with Gasteiger partial charge in [-0.3, -0.25) is 0 Å². The van der Waals surface area contributed by atoms with Crippen molar-refractivity contribution in [3.8, 4) is 0 Å². The van der Waals surface area contributed by atoms with Gasteiger partial charge < -0.3 is 0 Å². The topological polar surface area (TPSA) is 34.1 Å². The largest absolute Gasteiger partial charge is 0.228 e. The minimum Gasteiger partial charge on any atom is -0.228 e. The zero-order valence-corrected chi connectivity index (χ0v) is 14.7. The Morgan fingerprint density at radius 3 is 2.15 bits per heavy atom. The van der Waals surface area contributed by atoms with Crippen LogP contribution in [0.5, 0.6) is 0 Å². The Balaban J connectivity index is 2.14. The molecule has 0 atom stereocenters. The lowest BCUT2D eigenvalue weighted by molar-refractivity contribution is 0.394. The first-order valence-corrected chi connectivity index (χ1v) is 10.1. The fourth-order valence-corrected chi connectivity index (χ4v) is 6.49. The molecule has 0 spiro atoms. The van der Waals surface area contributed by atoms with E-state index in [0.29, 0.717) is 5.75 Å². The Morgan fingerprint density at radius 1 is 1.10 bits per heavy atom. The summed E-state index contributed by atoms with van der Waals surface area (Å²) < 4.78 is 25.0. The molecule has 1 fully saturated rings. The number of aryl methyl sites for hydroxylation is 2. The third kappa shape index (κ3) is 4.08. The number of sulfone groups is 1. The van der Waals surface area contributed by atoms with Gasteiger partial charge in [-0.25, -0.2) is 8.42 Å². The standard InChI is InChI=1S/C16H23BrO2S/c1-13-7-14(2)9-15(8-13)10-20(18,19)12-16(11-17)5-3-4-6-16/h7-9H,3-6,10-12H2,1-2H3. The SMILES string of the molecule is Cc1cc(C)cc(CS(=O)(=O)CC2(CBr)CCCC2)c1. The first kappa shape index (κ1) is 16.0. The molecule has 0 amide bonds. The lowest BCUT2D eigenvalue weighted by atomic mass is 9.92. The zero-order valence-electron chi connectivity index (χ0n) is 12.3. The van der Waals surface area contributed by atoms with Gasteiger partial charge in [0.25, 0.3) is 0 Å². The van der Waals surface area contributed by atoms with Crippen LogP contribution >= 0.6 is 15.9 Å². The van der Waals surface area contributed by atoms with Crippen LogP contribution in [0.4, 0.5) is 0 Å². The lowest BCUT2D eigenvalue weighted by Crippen LogP contribution is -2.29. The van der Waals surface area contributed by atoms with E-state index in [0.717, 1.165) is 47.7 Å². The lowest BCUT2D eigenvalue weighted by Gasteiger charge is -2.26. The summed E-state index contributed by atoms with van der Waals surface area (Å²) in [6, 6.07) is 6.05. The van der Waals surface area contributed by atoms with Gasteiger partial charge in [-0.05, 0) is 37.7 Å². The molecular formula is C16H23BrO2S. The first-order valence-electron chi connectivity index (χ1n) is 7.18. The Labute approximate surface area is 131 Å². The highest BCUT2D eigenvalue weighted by Gasteiger charge is 2.37. The van der Waals surface area contributed by atoms with Crippen LogP contribution in [0.15, 0.2) is 18.2 Å². The molecule has 4 heteroatoms. The van der Waals surface area contributed by atoms with E-state index in [1.54, 1.807) is 0 Å². The van der Waals surface area contributed by atoms with Crippen molar-refractivity contribution in [3.05, 3.63) is 34.9 Å². The summed E-state index contributed by atoms with van der Waals surface area (Å²) in [6.07, 6.45) is 4.38. The number of rotatable bonds is 5. The third-order valence-electron chi connectivity index (χ3n) is 4.14. The summed E-state index contributed by atoms with van der Waals surface area (Å²) in [5.41, 5.74) is 3.15. The molecule has 0 saturated heterocycles. The normalized spacial score (nSPS) is 18.4. The van der Waals surface area contributed by atoms with Crippen LogP contribution in [0.1, 0.15) is 42.4 Å². The quantitative estimate of drug-likeness (QED) is 0.740. The predicted octanol–water partition coefficient (Wildman–Crippen LogP) is 4.17. The van der Waals surface area contributed by atoms with Gasteiger partial charge in [0.1, 0.15) is 0 Å². The molecule has 1 aliphatic carbocycles. The average molecular weight is 359 g/mol. The molecule has 20 heavy (non-hydrogen) atoms. The van der Waals surface area contributed by atoms with Crippen molar-refractivity contribution in [1.29, 1.82) is 0 Å². The van der Waals surface area contributed by atoms with Crippen LogP contribution in [0, 0.1) is 19.3 Å². The number of hydrogen-bond acceptors (Lipinski definition) is 2. The van der Waals surface area contributed by atoms with Gasteiger partial charge in [-0.15, -0.1) is 0 Å². The Hall–Kier alpha value is -0.350. The monoisotopic (exact) mass is 358 g/mol. The van der Waals surface area contributed by atoms with E-state index < -0.39 is 9.84 Å². The van der Waals surface area contributed by atoms with E-state index in [1.165, 1.54) is 0 Å². The van der Waals surface area contributed by atoms with E-state index >= 15 is 0 Å². The van der Waals surface area contributed by atoms with Crippen molar-refractivity contribution in [2.24, 2.45) is 5.41 Å². The van der Waals surface area contributed by atoms with Crippen LogP contribution in [0.3, 0.4) is 0 Å². The maximum Gasteiger partial charge on any atom is 0.155 e. The van der Waals surface area contributed by atoms with Gasteiger partial charge in [0, 0.05) is 5.33 Å². The summed E-state index contributed by atoms with van der Waals surface area (Å²) in [5.74, 6) is 0.489. The van der Waals surface area contributed by atoms with Crippen LogP contribution in [-0.2, 0) is 15.6 Å². The predicted molar refractivity (Wildman–Crippen MR) is 88.1 cm³/mol. The molecule has 1 aliphatic rings. The smallest absolute Gasteiger partial charge is 0.155 e. The minimum atomic E-state index is -3.05. The molecule has 112 valence electrons. The van der Waals surface area contributed by atoms with E-state index in [9.17, 15) is 8.42 Å². The van der Waals surface area contributed by atoms with Crippen molar-refractivity contribution in [3.63, 3.8) is 0 Å². The maximum atomic E-state index is 12.5. The summed E-state index contributed by atoms with van der Waals surface area (Å²) in [4.78, 5) is 0. The average Bonchev–Trinajstić information content (AvgIpc) is 2.75. The second kappa shape index (κ2) is 6.18. The Kier molecular flexibility index (Phi) is 4.96. The van der Waals surface area contributed by atoms with Gasteiger partial charge in [0.15, 0.2) is 9.84 Å². The Morgan fingerprint density at radius 2 is 1.65 bits per heavy atom. The van der Waals surface area contributed by atoms with Crippen molar-refractivity contribution < 1.29 is 8.42 Å².